The van der Waals surface area contributed by atoms with Crippen molar-refractivity contribution in [2.45, 2.75) is 12.5 Å². The third-order valence-electron chi connectivity index (χ3n) is 2.52. The van der Waals surface area contributed by atoms with E-state index in [2.05, 4.69) is 10.9 Å². The molecule has 0 saturated heterocycles. The molecule has 0 spiro atoms. The summed E-state index contributed by atoms with van der Waals surface area (Å²) in [5.74, 6) is 1.08. The first kappa shape index (κ1) is 14.3. The average molecular weight is 253 g/mol. The molecule has 1 aromatic rings. The number of carbonyl (C=O) groups is 1. The Morgan fingerprint density at radius 3 is 2.67 bits per heavy atom. The van der Waals surface area contributed by atoms with E-state index < -0.39 is 6.04 Å². The number of carbonyl (C=O) groups excluding carboxylic acids is 1. The van der Waals surface area contributed by atoms with E-state index in [1.165, 1.54) is 0 Å². The molecule has 0 aromatic heterocycles. The molecule has 0 fully saturated rings. The molecule has 1 amide bonds. The van der Waals surface area contributed by atoms with Crippen LogP contribution in [0.2, 0.25) is 0 Å². The van der Waals surface area contributed by atoms with Crippen LogP contribution < -0.4 is 26.1 Å². The molecule has 0 radical (unpaired) electrons. The molecule has 0 heterocycles. The summed E-state index contributed by atoms with van der Waals surface area (Å²) in [5, 5.41) is 0. The second-order valence-corrected chi connectivity index (χ2v) is 3.73. The molecule has 0 bridgehead atoms. The number of amides is 1. The molecule has 0 aliphatic rings. The fourth-order valence-corrected chi connectivity index (χ4v) is 1.57. The average Bonchev–Trinajstić information content (AvgIpc) is 2.39. The minimum absolute atomic E-state index is 0.268. The number of rotatable bonds is 6. The van der Waals surface area contributed by atoms with Gasteiger partial charge in [-0.2, -0.15) is 0 Å². The van der Waals surface area contributed by atoms with Crippen molar-refractivity contribution in [3.05, 3.63) is 23.8 Å². The summed E-state index contributed by atoms with van der Waals surface area (Å²) >= 11 is 0. The van der Waals surface area contributed by atoms with Gasteiger partial charge in [-0.05, 0) is 11.6 Å². The molecule has 4 N–H and O–H groups in total. The maximum Gasteiger partial charge on any atom is 0.251 e. The van der Waals surface area contributed by atoms with Crippen LogP contribution in [0.1, 0.15) is 5.56 Å². The number of nitrogens with one attached hydrogen (secondary N) is 2. The summed E-state index contributed by atoms with van der Waals surface area (Å²) in [5.41, 5.74) is 11.6. The fourth-order valence-electron chi connectivity index (χ4n) is 1.57. The van der Waals surface area contributed by atoms with Gasteiger partial charge in [0.25, 0.3) is 5.91 Å². The largest absolute Gasteiger partial charge is 0.497 e. The Hall–Kier alpha value is -1.79. The maximum atomic E-state index is 11.5. The SMILES string of the molecule is CNNC(=O)C(N)Cc1ccc(OC)cc1OC. The third-order valence-corrected chi connectivity index (χ3v) is 2.52. The normalized spacial score (nSPS) is 11.8. The Morgan fingerprint density at radius 2 is 2.11 bits per heavy atom. The van der Waals surface area contributed by atoms with Crippen LogP contribution in [0.5, 0.6) is 11.5 Å². The van der Waals surface area contributed by atoms with Gasteiger partial charge in [0.2, 0.25) is 0 Å². The molecular weight excluding hydrogens is 234 g/mol. The molecule has 1 rings (SSSR count). The second kappa shape index (κ2) is 6.83. The van der Waals surface area contributed by atoms with E-state index in [0.717, 1.165) is 5.56 Å². The molecule has 0 saturated carbocycles. The predicted molar refractivity (Wildman–Crippen MR) is 68.4 cm³/mol. The standard InChI is InChI=1S/C12H19N3O3/c1-14-15-12(16)10(13)6-8-4-5-9(17-2)7-11(8)18-3/h4-5,7,10,14H,6,13H2,1-3H3,(H,15,16). The van der Waals surface area contributed by atoms with Crippen molar-refractivity contribution in [2.24, 2.45) is 5.73 Å². The van der Waals surface area contributed by atoms with Crippen molar-refractivity contribution < 1.29 is 14.3 Å². The van der Waals surface area contributed by atoms with Crippen LogP contribution in [0.15, 0.2) is 18.2 Å². The summed E-state index contributed by atoms with van der Waals surface area (Å²) in [6.45, 7) is 0. The zero-order valence-electron chi connectivity index (χ0n) is 10.8. The van der Waals surface area contributed by atoms with Gasteiger partial charge in [-0.3, -0.25) is 10.2 Å². The second-order valence-electron chi connectivity index (χ2n) is 3.73. The van der Waals surface area contributed by atoms with Crippen LogP contribution in [0.4, 0.5) is 0 Å². The van der Waals surface area contributed by atoms with Gasteiger partial charge in [0.15, 0.2) is 0 Å². The van der Waals surface area contributed by atoms with Crippen molar-refractivity contribution in [1.82, 2.24) is 10.9 Å². The zero-order chi connectivity index (χ0) is 13.5. The van der Waals surface area contributed by atoms with Gasteiger partial charge >= 0.3 is 0 Å². The van der Waals surface area contributed by atoms with E-state index in [9.17, 15) is 4.79 Å². The van der Waals surface area contributed by atoms with E-state index in [4.69, 9.17) is 15.2 Å². The first-order chi connectivity index (χ1) is 8.62. The Labute approximate surface area is 106 Å². The summed E-state index contributed by atoms with van der Waals surface area (Å²) in [7, 11) is 4.76. The minimum Gasteiger partial charge on any atom is -0.497 e. The number of ether oxygens (including phenoxy) is 2. The Bertz CT molecular complexity index is 410. The van der Waals surface area contributed by atoms with Gasteiger partial charge in [-0.15, -0.1) is 0 Å². The van der Waals surface area contributed by atoms with Crippen LogP contribution in [-0.2, 0) is 11.2 Å². The van der Waals surface area contributed by atoms with Gasteiger partial charge in [-0.1, -0.05) is 6.07 Å². The first-order valence-corrected chi connectivity index (χ1v) is 5.55. The lowest BCUT2D eigenvalue weighted by atomic mass is 10.0. The van der Waals surface area contributed by atoms with E-state index in [0.29, 0.717) is 17.9 Å². The van der Waals surface area contributed by atoms with Crippen molar-refractivity contribution in [3.63, 3.8) is 0 Å². The lowest BCUT2D eigenvalue weighted by molar-refractivity contribution is -0.123. The summed E-state index contributed by atoms with van der Waals surface area (Å²) < 4.78 is 10.3. The minimum atomic E-state index is -0.639. The smallest absolute Gasteiger partial charge is 0.251 e. The molecule has 6 heteroatoms. The molecule has 0 aliphatic carbocycles. The molecule has 0 aliphatic heterocycles. The zero-order valence-corrected chi connectivity index (χ0v) is 10.8. The van der Waals surface area contributed by atoms with Crippen molar-refractivity contribution in [1.29, 1.82) is 0 Å². The van der Waals surface area contributed by atoms with Crippen molar-refractivity contribution >= 4 is 5.91 Å². The van der Waals surface area contributed by atoms with E-state index in [1.807, 2.05) is 6.07 Å². The van der Waals surface area contributed by atoms with Crippen LogP contribution in [-0.4, -0.2) is 33.2 Å². The topological polar surface area (TPSA) is 85.6 Å². The number of benzene rings is 1. The highest BCUT2D eigenvalue weighted by Crippen LogP contribution is 2.25. The maximum absolute atomic E-state index is 11.5. The lowest BCUT2D eigenvalue weighted by Gasteiger charge is -2.14. The molecule has 18 heavy (non-hydrogen) atoms. The van der Waals surface area contributed by atoms with E-state index >= 15 is 0 Å². The highest BCUT2D eigenvalue weighted by Gasteiger charge is 2.16. The highest BCUT2D eigenvalue weighted by atomic mass is 16.5. The van der Waals surface area contributed by atoms with Gasteiger partial charge in [0, 0.05) is 19.5 Å². The summed E-state index contributed by atoms with van der Waals surface area (Å²) in [6.07, 6.45) is 0.390. The Kier molecular flexibility index (Phi) is 5.41. The van der Waals surface area contributed by atoms with Crippen molar-refractivity contribution in [3.8, 4) is 11.5 Å². The molecule has 1 aromatic carbocycles. The van der Waals surface area contributed by atoms with Crippen molar-refractivity contribution in [2.75, 3.05) is 21.3 Å². The Morgan fingerprint density at radius 1 is 1.39 bits per heavy atom. The number of methoxy groups -OCH3 is 2. The quantitative estimate of drug-likeness (QED) is 0.613. The molecule has 100 valence electrons. The van der Waals surface area contributed by atoms with Gasteiger partial charge in [0.1, 0.15) is 11.5 Å². The monoisotopic (exact) mass is 253 g/mol. The first-order valence-electron chi connectivity index (χ1n) is 5.55. The summed E-state index contributed by atoms with van der Waals surface area (Å²) in [4.78, 5) is 11.5. The highest BCUT2D eigenvalue weighted by molar-refractivity contribution is 5.81. The number of nitrogens with two attached hydrogens (primary N) is 1. The van der Waals surface area contributed by atoms with Crippen LogP contribution in [0.25, 0.3) is 0 Å². The van der Waals surface area contributed by atoms with Gasteiger partial charge in [-0.25, -0.2) is 5.43 Å². The molecule has 1 unspecified atom stereocenters. The van der Waals surface area contributed by atoms with Crippen LogP contribution in [0, 0.1) is 0 Å². The van der Waals surface area contributed by atoms with Gasteiger partial charge < -0.3 is 15.2 Å². The van der Waals surface area contributed by atoms with Gasteiger partial charge in [0.05, 0.1) is 20.3 Å². The molecular formula is C12H19N3O3. The van der Waals surface area contributed by atoms with E-state index in [1.54, 1.807) is 33.4 Å². The number of hydrazine groups is 1. The van der Waals surface area contributed by atoms with Crippen LogP contribution in [0.3, 0.4) is 0 Å². The van der Waals surface area contributed by atoms with Crippen LogP contribution >= 0.6 is 0 Å². The third kappa shape index (κ3) is 3.61. The number of hydrogen-bond acceptors (Lipinski definition) is 5. The molecule has 1 atom stereocenters. The van der Waals surface area contributed by atoms with E-state index in [-0.39, 0.29) is 5.91 Å². The Balaban J connectivity index is 2.80. The lowest BCUT2D eigenvalue weighted by Crippen LogP contribution is -2.46. The predicted octanol–water partition coefficient (Wildman–Crippen LogP) is -0.176. The fraction of sp³-hybridized carbons (Fsp3) is 0.417. The molecule has 6 nitrogen and oxygen atoms in total. The summed E-state index contributed by atoms with van der Waals surface area (Å²) in [6, 6.07) is 4.77. The number of hydrogen-bond donors (Lipinski definition) is 3.